The highest BCUT2D eigenvalue weighted by molar-refractivity contribution is 9.10. The van der Waals surface area contributed by atoms with Crippen LogP contribution in [-0.2, 0) is 20.7 Å². The SMILES string of the molecule is CCOc1ccc(Br)cc1/C=C1/C(=O)N(c2ccc(CC)cc2)C(=S)N1CC(=O)OC. The van der Waals surface area contributed by atoms with Crippen molar-refractivity contribution in [3.63, 3.8) is 0 Å². The summed E-state index contributed by atoms with van der Waals surface area (Å²) in [5.41, 5.74) is 2.76. The number of amides is 1. The Hall–Kier alpha value is -2.71. The van der Waals surface area contributed by atoms with Crippen molar-refractivity contribution in [1.82, 2.24) is 4.90 Å². The molecule has 0 spiro atoms. The minimum atomic E-state index is -0.497. The normalized spacial score (nSPS) is 15.0. The number of rotatable bonds is 7. The van der Waals surface area contributed by atoms with E-state index < -0.39 is 5.97 Å². The van der Waals surface area contributed by atoms with Crippen LogP contribution in [0, 0.1) is 0 Å². The molecule has 3 rings (SSSR count). The number of esters is 1. The summed E-state index contributed by atoms with van der Waals surface area (Å²) < 4.78 is 11.4. The molecule has 0 N–H and O–H groups in total. The first-order valence-electron chi connectivity index (χ1n) is 9.85. The number of hydrogen-bond donors (Lipinski definition) is 0. The molecular weight excluding hydrogens is 480 g/mol. The lowest BCUT2D eigenvalue weighted by Crippen LogP contribution is -2.35. The number of ether oxygens (including phenoxy) is 2. The van der Waals surface area contributed by atoms with E-state index in [-0.39, 0.29) is 23.3 Å². The zero-order valence-electron chi connectivity index (χ0n) is 17.6. The molecule has 1 aliphatic heterocycles. The molecule has 0 saturated carbocycles. The van der Waals surface area contributed by atoms with Crippen molar-refractivity contribution >= 4 is 56.9 Å². The van der Waals surface area contributed by atoms with Crippen molar-refractivity contribution in [2.24, 2.45) is 0 Å². The molecule has 6 nitrogen and oxygen atoms in total. The highest BCUT2D eigenvalue weighted by Crippen LogP contribution is 2.32. The van der Waals surface area contributed by atoms with Crippen LogP contribution in [0.1, 0.15) is 25.0 Å². The van der Waals surface area contributed by atoms with Gasteiger partial charge < -0.3 is 14.4 Å². The number of thiocarbonyl (C=S) groups is 1. The van der Waals surface area contributed by atoms with Crippen molar-refractivity contribution in [3.05, 3.63) is 63.8 Å². The van der Waals surface area contributed by atoms with Crippen LogP contribution in [0.3, 0.4) is 0 Å². The Morgan fingerprint density at radius 3 is 2.48 bits per heavy atom. The standard InChI is InChI=1S/C23H23BrN2O4S/c1-4-15-6-9-18(10-7-15)26-22(28)19(25(23(26)31)14-21(27)29-3)13-16-12-17(24)8-11-20(16)30-5-2/h6-13H,4-5,14H2,1-3H3/b19-13-. The van der Waals surface area contributed by atoms with E-state index >= 15 is 0 Å². The molecule has 1 fully saturated rings. The number of halogens is 1. The first-order valence-corrected chi connectivity index (χ1v) is 11.1. The maximum Gasteiger partial charge on any atom is 0.325 e. The number of hydrogen-bond acceptors (Lipinski definition) is 5. The fourth-order valence-corrected chi connectivity index (χ4v) is 3.93. The second-order valence-electron chi connectivity index (χ2n) is 6.75. The second kappa shape index (κ2) is 10.1. The van der Waals surface area contributed by atoms with Crippen molar-refractivity contribution in [2.75, 3.05) is 25.2 Å². The monoisotopic (exact) mass is 502 g/mol. The van der Waals surface area contributed by atoms with Gasteiger partial charge in [-0.05, 0) is 67.5 Å². The van der Waals surface area contributed by atoms with Crippen LogP contribution in [-0.4, -0.2) is 42.2 Å². The molecule has 0 bridgehead atoms. The number of aryl methyl sites for hydroxylation is 1. The van der Waals surface area contributed by atoms with E-state index in [0.717, 1.165) is 16.5 Å². The fourth-order valence-electron chi connectivity index (χ4n) is 3.20. The lowest BCUT2D eigenvalue weighted by atomic mass is 10.1. The van der Waals surface area contributed by atoms with E-state index in [4.69, 9.17) is 21.7 Å². The summed E-state index contributed by atoms with van der Waals surface area (Å²) in [5.74, 6) is -0.190. The predicted octanol–water partition coefficient (Wildman–Crippen LogP) is 4.56. The van der Waals surface area contributed by atoms with Gasteiger partial charge in [0.05, 0.1) is 19.4 Å². The van der Waals surface area contributed by atoms with Crippen LogP contribution >= 0.6 is 28.1 Å². The van der Waals surface area contributed by atoms with Gasteiger partial charge in [0.25, 0.3) is 5.91 Å². The average Bonchev–Trinajstić information content (AvgIpc) is 2.99. The van der Waals surface area contributed by atoms with Crippen molar-refractivity contribution in [1.29, 1.82) is 0 Å². The fraction of sp³-hybridized carbons (Fsp3) is 0.261. The van der Waals surface area contributed by atoms with E-state index in [9.17, 15) is 9.59 Å². The number of carbonyl (C=O) groups excluding carboxylic acids is 2. The number of carbonyl (C=O) groups is 2. The van der Waals surface area contributed by atoms with Gasteiger partial charge in [-0.25, -0.2) is 0 Å². The highest BCUT2D eigenvalue weighted by Gasteiger charge is 2.40. The zero-order chi connectivity index (χ0) is 22.5. The van der Waals surface area contributed by atoms with Gasteiger partial charge in [-0.1, -0.05) is 35.0 Å². The van der Waals surface area contributed by atoms with Crippen molar-refractivity contribution in [3.8, 4) is 5.75 Å². The maximum atomic E-state index is 13.4. The Balaban J connectivity index is 2.08. The van der Waals surface area contributed by atoms with Crippen LogP contribution in [0.25, 0.3) is 6.08 Å². The van der Waals surface area contributed by atoms with E-state index in [2.05, 4.69) is 22.9 Å². The van der Waals surface area contributed by atoms with Gasteiger partial charge >= 0.3 is 5.97 Å². The molecule has 0 aromatic heterocycles. The summed E-state index contributed by atoms with van der Waals surface area (Å²) >= 11 is 9.05. The summed E-state index contributed by atoms with van der Waals surface area (Å²) in [6.45, 7) is 4.26. The van der Waals surface area contributed by atoms with Gasteiger partial charge in [-0.2, -0.15) is 0 Å². The molecule has 2 aromatic carbocycles. The summed E-state index contributed by atoms with van der Waals surface area (Å²) in [4.78, 5) is 28.4. The molecule has 162 valence electrons. The highest BCUT2D eigenvalue weighted by atomic mass is 79.9. The molecule has 1 amide bonds. The maximum absolute atomic E-state index is 13.4. The molecule has 1 heterocycles. The molecule has 2 aromatic rings. The lowest BCUT2D eigenvalue weighted by molar-refractivity contribution is -0.140. The Morgan fingerprint density at radius 2 is 1.87 bits per heavy atom. The molecule has 1 saturated heterocycles. The van der Waals surface area contributed by atoms with Gasteiger partial charge in [0.15, 0.2) is 5.11 Å². The number of nitrogens with zero attached hydrogens (tertiary/aromatic N) is 2. The van der Waals surface area contributed by atoms with Crippen LogP contribution in [0.5, 0.6) is 5.75 Å². The minimum Gasteiger partial charge on any atom is -0.493 e. The van der Waals surface area contributed by atoms with Gasteiger partial charge in [-0.3, -0.25) is 14.5 Å². The largest absolute Gasteiger partial charge is 0.493 e. The molecule has 1 aliphatic rings. The van der Waals surface area contributed by atoms with Gasteiger partial charge in [0.1, 0.15) is 18.0 Å². The summed E-state index contributed by atoms with van der Waals surface area (Å²) in [5, 5.41) is 0.221. The first kappa shape index (κ1) is 23.0. The first-order chi connectivity index (χ1) is 14.9. The lowest BCUT2D eigenvalue weighted by Gasteiger charge is -2.19. The summed E-state index contributed by atoms with van der Waals surface area (Å²) in [6, 6.07) is 13.2. The topological polar surface area (TPSA) is 59.1 Å². The quantitative estimate of drug-likeness (QED) is 0.314. The Morgan fingerprint density at radius 1 is 1.16 bits per heavy atom. The van der Waals surface area contributed by atoms with Crippen LogP contribution in [0.4, 0.5) is 5.69 Å². The predicted molar refractivity (Wildman–Crippen MR) is 128 cm³/mol. The Kier molecular flexibility index (Phi) is 7.46. The third-order valence-electron chi connectivity index (χ3n) is 4.82. The van der Waals surface area contributed by atoms with Crippen LogP contribution in [0.2, 0.25) is 0 Å². The Labute approximate surface area is 195 Å². The Bertz CT molecular complexity index is 1040. The zero-order valence-corrected chi connectivity index (χ0v) is 20.0. The van der Waals surface area contributed by atoms with E-state index in [1.807, 2.05) is 49.4 Å². The van der Waals surface area contributed by atoms with Crippen molar-refractivity contribution < 1.29 is 19.1 Å². The van der Waals surface area contributed by atoms with E-state index in [1.54, 1.807) is 6.08 Å². The number of methoxy groups -OCH3 is 1. The van der Waals surface area contributed by atoms with Crippen LogP contribution in [0.15, 0.2) is 52.6 Å². The smallest absolute Gasteiger partial charge is 0.325 e. The van der Waals surface area contributed by atoms with Crippen LogP contribution < -0.4 is 9.64 Å². The van der Waals surface area contributed by atoms with Gasteiger partial charge in [0.2, 0.25) is 0 Å². The number of benzene rings is 2. The summed E-state index contributed by atoms with van der Waals surface area (Å²) in [7, 11) is 1.30. The number of anilines is 1. The van der Waals surface area contributed by atoms with Gasteiger partial charge in [0, 0.05) is 10.0 Å². The molecule has 0 aliphatic carbocycles. The van der Waals surface area contributed by atoms with E-state index in [1.165, 1.54) is 16.9 Å². The average molecular weight is 503 g/mol. The molecule has 0 radical (unpaired) electrons. The molecule has 31 heavy (non-hydrogen) atoms. The third kappa shape index (κ3) is 4.97. The third-order valence-corrected chi connectivity index (χ3v) is 5.71. The summed E-state index contributed by atoms with van der Waals surface area (Å²) in [6.07, 6.45) is 2.58. The molecular formula is C23H23BrN2O4S. The van der Waals surface area contributed by atoms with Crippen molar-refractivity contribution in [2.45, 2.75) is 20.3 Å². The minimum absolute atomic E-state index is 0.172. The molecule has 0 atom stereocenters. The molecule has 8 heteroatoms. The molecule has 0 unspecified atom stereocenters. The second-order valence-corrected chi connectivity index (χ2v) is 8.03. The van der Waals surface area contributed by atoms with E-state index in [0.29, 0.717) is 23.6 Å². The van der Waals surface area contributed by atoms with Gasteiger partial charge in [-0.15, -0.1) is 0 Å².